The number of hydrogen-bond donors (Lipinski definition) is 0. The molecule has 1 saturated carbocycles. The maximum Gasteiger partial charge on any atom is 0.134 e. The topological polar surface area (TPSA) is 17.1 Å². The van der Waals surface area contributed by atoms with Gasteiger partial charge in [0.1, 0.15) is 5.78 Å². The SMILES string of the molecule is C#C[C@H]1CCCC[C@@H]1C(C)=O. The zero-order valence-corrected chi connectivity index (χ0v) is 6.97. The van der Waals surface area contributed by atoms with E-state index in [0.717, 1.165) is 12.8 Å². The van der Waals surface area contributed by atoms with Crippen molar-refractivity contribution in [2.75, 3.05) is 0 Å². The Bertz CT molecular complexity index is 188. The maximum atomic E-state index is 11.1. The average molecular weight is 150 g/mol. The van der Waals surface area contributed by atoms with Crippen molar-refractivity contribution in [3.8, 4) is 12.3 Å². The first-order valence-electron chi connectivity index (χ1n) is 4.22. The lowest BCUT2D eigenvalue weighted by Crippen LogP contribution is -2.24. The van der Waals surface area contributed by atoms with Crippen molar-refractivity contribution in [3.05, 3.63) is 0 Å². The fraction of sp³-hybridized carbons (Fsp3) is 0.700. The van der Waals surface area contributed by atoms with E-state index in [9.17, 15) is 4.79 Å². The van der Waals surface area contributed by atoms with Gasteiger partial charge in [-0.25, -0.2) is 0 Å². The summed E-state index contributed by atoms with van der Waals surface area (Å²) in [5, 5.41) is 0. The highest BCUT2D eigenvalue weighted by molar-refractivity contribution is 5.79. The Balaban J connectivity index is 2.60. The molecule has 1 aliphatic carbocycles. The minimum Gasteiger partial charge on any atom is -0.300 e. The molecule has 0 aliphatic heterocycles. The van der Waals surface area contributed by atoms with Gasteiger partial charge < -0.3 is 0 Å². The van der Waals surface area contributed by atoms with Crippen LogP contribution in [0.3, 0.4) is 0 Å². The molecule has 0 spiro atoms. The van der Waals surface area contributed by atoms with E-state index in [1.807, 2.05) is 0 Å². The van der Waals surface area contributed by atoms with Gasteiger partial charge in [0, 0.05) is 11.8 Å². The third kappa shape index (κ3) is 1.83. The van der Waals surface area contributed by atoms with Crippen LogP contribution in [0, 0.1) is 24.2 Å². The van der Waals surface area contributed by atoms with Crippen LogP contribution in [0.15, 0.2) is 0 Å². The highest BCUT2D eigenvalue weighted by Crippen LogP contribution is 2.29. The molecule has 1 rings (SSSR count). The second-order valence-corrected chi connectivity index (χ2v) is 3.27. The zero-order chi connectivity index (χ0) is 8.27. The molecule has 0 amide bonds. The smallest absolute Gasteiger partial charge is 0.134 e. The minimum absolute atomic E-state index is 0.161. The molecule has 11 heavy (non-hydrogen) atoms. The summed E-state index contributed by atoms with van der Waals surface area (Å²) in [7, 11) is 0. The molecule has 0 N–H and O–H groups in total. The Morgan fingerprint density at radius 3 is 2.55 bits per heavy atom. The first-order valence-corrected chi connectivity index (χ1v) is 4.22. The summed E-state index contributed by atoms with van der Waals surface area (Å²) < 4.78 is 0. The standard InChI is InChI=1S/C10H14O/c1-3-9-6-4-5-7-10(9)8(2)11/h1,9-10H,4-7H2,2H3/t9-,10+/m0/s1. The molecule has 0 radical (unpaired) electrons. The molecular formula is C10H14O. The predicted octanol–water partition coefficient (Wildman–Crippen LogP) is 2.01. The lowest BCUT2D eigenvalue weighted by atomic mass is 9.78. The molecule has 2 atom stereocenters. The van der Waals surface area contributed by atoms with Crippen molar-refractivity contribution in [2.45, 2.75) is 32.6 Å². The summed E-state index contributed by atoms with van der Waals surface area (Å²) in [6.07, 6.45) is 9.74. The van der Waals surface area contributed by atoms with Crippen molar-refractivity contribution in [3.63, 3.8) is 0 Å². The normalized spacial score (nSPS) is 30.9. The summed E-state index contributed by atoms with van der Waals surface area (Å²) in [5.41, 5.74) is 0. The van der Waals surface area contributed by atoms with Gasteiger partial charge in [-0.3, -0.25) is 4.79 Å². The van der Waals surface area contributed by atoms with E-state index < -0.39 is 0 Å². The van der Waals surface area contributed by atoms with Crippen LogP contribution < -0.4 is 0 Å². The van der Waals surface area contributed by atoms with E-state index in [1.165, 1.54) is 12.8 Å². The fourth-order valence-electron chi connectivity index (χ4n) is 1.82. The Labute approximate surface area is 68.2 Å². The predicted molar refractivity (Wildman–Crippen MR) is 45.0 cm³/mol. The Kier molecular flexibility index (Phi) is 2.70. The quantitative estimate of drug-likeness (QED) is 0.522. The zero-order valence-electron chi connectivity index (χ0n) is 6.97. The molecule has 1 nitrogen and oxygen atoms in total. The molecule has 1 heteroatoms. The molecular weight excluding hydrogens is 136 g/mol. The van der Waals surface area contributed by atoms with Gasteiger partial charge in [-0.1, -0.05) is 12.8 Å². The van der Waals surface area contributed by atoms with Crippen LogP contribution in [0.5, 0.6) is 0 Å². The number of ketones is 1. The van der Waals surface area contributed by atoms with Crippen LogP contribution in [-0.2, 0) is 4.79 Å². The number of carbonyl (C=O) groups excluding carboxylic acids is 1. The van der Waals surface area contributed by atoms with Gasteiger partial charge in [-0.05, 0) is 19.8 Å². The van der Waals surface area contributed by atoms with Gasteiger partial charge in [-0.15, -0.1) is 12.3 Å². The van der Waals surface area contributed by atoms with Gasteiger partial charge in [0.05, 0.1) is 0 Å². The van der Waals surface area contributed by atoms with E-state index in [2.05, 4.69) is 5.92 Å². The first-order chi connectivity index (χ1) is 5.25. The lowest BCUT2D eigenvalue weighted by Gasteiger charge is -2.25. The molecule has 0 aromatic heterocycles. The molecule has 0 aromatic rings. The Morgan fingerprint density at radius 1 is 1.45 bits per heavy atom. The van der Waals surface area contributed by atoms with Crippen molar-refractivity contribution in [1.82, 2.24) is 0 Å². The molecule has 60 valence electrons. The summed E-state index contributed by atoms with van der Waals surface area (Å²) in [5.74, 6) is 3.37. The van der Waals surface area contributed by atoms with Gasteiger partial charge in [0.25, 0.3) is 0 Å². The third-order valence-corrected chi connectivity index (χ3v) is 2.50. The summed E-state index contributed by atoms with van der Waals surface area (Å²) in [6.45, 7) is 1.65. The van der Waals surface area contributed by atoms with Crippen molar-refractivity contribution >= 4 is 5.78 Å². The number of carbonyl (C=O) groups is 1. The van der Waals surface area contributed by atoms with Crippen LogP contribution in [0.1, 0.15) is 32.6 Å². The maximum absolute atomic E-state index is 11.1. The summed E-state index contributed by atoms with van der Waals surface area (Å²) in [6, 6.07) is 0. The van der Waals surface area contributed by atoms with Crippen molar-refractivity contribution in [2.24, 2.45) is 11.8 Å². The summed E-state index contributed by atoms with van der Waals surface area (Å²) >= 11 is 0. The van der Waals surface area contributed by atoms with E-state index in [0.29, 0.717) is 0 Å². The molecule has 0 saturated heterocycles. The average Bonchev–Trinajstić information content (AvgIpc) is 2.04. The van der Waals surface area contributed by atoms with E-state index in [1.54, 1.807) is 6.92 Å². The second kappa shape index (κ2) is 3.57. The van der Waals surface area contributed by atoms with Crippen molar-refractivity contribution < 1.29 is 4.79 Å². The van der Waals surface area contributed by atoms with Crippen molar-refractivity contribution in [1.29, 1.82) is 0 Å². The number of Topliss-reactive ketones (excluding diaryl/α,β-unsaturated/α-hetero) is 1. The summed E-state index contributed by atoms with van der Waals surface area (Å²) in [4.78, 5) is 11.1. The lowest BCUT2D eigenvalue weighted by molar-refractivity contribution is -0.122. The van der Waals surface area contributed by atoms with E-state index >= 15 is 0 Å². The number of hydrogen-bond acceptors (Lipinski definition) is 1. The second-order valence-electron chi connectivity index (χ2n) is 3.27. The van der Waals surface area contributed by atoms with Gasteiger partial charge in [0.2, 0.25) is 0 Å². The Morgan fingerprint density at radius 2 is 2.09 bits per heavy atom. The molecule has 1 aliphatic rings. The number of terminal acetylenes is 1. The van der Waals surface area contributed by atoms with Gasteiger partial charge in [-0.2, -0.15) is 0 Å². The highest BCUT2D eigenvalue weighted by atomic mass is 16.1. The van der Waals surface area contributed by atoms with Crippen LogP contribution in [-0.4, -0.2) is 5.78 Å². The molecule has 0 aromatic carbocycles. The monoisotopic (exact) mass is 150 g/mol. The third-order valence-electron chi connectivity index (χ3n) is 2.50. The van der Waals surface area contributed by atoms with Crippen LogP contribution in [0.25, 0.3) is 0 Å². The first kappa shape index (κ1) is 8.33. The molecule has 0 heterocycles. The number of rotatable bonds is 1. The van der Waals surface area contributed by atoms with Gasteiger partial charge in [0.15, 0.2) is 0 Å². The molecule has 1 fully saturated rings. The van der Waals surface area contributed by atoms with E-state index in [-0.39, 0.29) is 17.6 Å². The van der Waals surface area contributed by atoms with Gasteiger partial charge >= 0.3 is 0 Å². The molecule has 0 unspecified atom stereocenters. The molecule has 0 bridgehead atoms. The van der Waals surface area contributed by atoms with E-state index in [4.69, 9.17) is 6.42 Å². The van der Waals surface area contributed by atoms with Crippen LogP contribution in [0.4, 0.5) is 0 Å². The van der Waals surface area contributed by atoms with Crippen LogP contribution >= 0.6 is 0 Å². The highest BCUT2D eigenvalue weighted by Gasteiger charge is 2.26. The largest absolute Gasteiger partial charge is 0.300 e. The Hall–Kier alpha value is -0.770. The van der Waals surface area contributed by atoms with Crippen LogP contribution in [0.2, 0.25) is 0 Å². The fourth-order valence-corrected chi connectivity index (χ4v) is 1.82. The minimum atomic E-state index is 0.161.